The van der Waals surface area contributed by atoms with Crippen molar-refractivity contribution in [2.24, 2.45) is 0 Å². The third-order valence-electron chi connectivity index (χ3n) is 2.45. The molecule has 0 fully saturated rings. The van der Waals surface area contributed by atoms with Gasteiger partial charge in [0.25, 0.3) is 0 Å². The van der Waals surface area contributed by atoms with Crippen LogP contribution in [0.15, 0.2) is 30.3 Å². The fraction of sp³-hybridized carbons (Fsp3) is 0.462. The minimum atomic E-state index is 0.127. The van der Waals surface area contributed by atoms with Crippen molar-refractivity contribution in [1.29, 1.82) is 0 Å². The molecule has 2 nitrogen and oxygen atoms in total. The predicted molar refractivity (Wildman–Crippen MR) is 70.8 cm³/mol. The molecule has 0 aromatic heterocycles. The summed E-state index contributed by atoms with van der Waals surface area (Å²) >= 11 is 3.49. The third-order valence-corrected chi connectivity index (χ3v) is 3.42. The Morgan fingerprint density at radius 2 is 2.06 bits per heavy atom. The first-order chi connectivity index (χ1) is 7.72. The van der Waals surface area contributed by atoms with E-state index < -0.39 is 0 Å². The van der Waals surface area contributed by atoms with E-state index in [0.29, 0.717) is 17.8 Å². The van der Waals surface area contributed by atoms with Crippen LogP contribution < -0.4 is 5.32 Å². The van der Waals surface area contributed by atoms with Crippen LogP contribution in [0.2, 0.25) is 0 Å². The van der Waals surface area contributed by atoms with Crippen LogP contribution in [-0.2, 0) is 11.2 Å². The molecule has 16 heavy (non-hydrogen) atoms. The normalized spacial score (nSPS) is 12.1. The van der Waals surface area contributed by atoms with E-state index in [0.717, 1.165) is 12.8 Å². The quantitative estimate of drug-likeness (QED) is 0.800. The summed E-state index contributed by atoms with van der Waals surface area (Å²) in [6.07, 6.45) is 2.40. The molecule has 1 atom stereocenters. The monoisotopic (exact) mass is 283 g/mol. The Bertz CT molecular complexity index is 313. The maximum atomic E-state index is 11.5. The molecular weight excluding hydrogens is 266 g/mol. The summed E-state index contributed by atoms with van der Waals surface area (Å²) in [4.78, 5) is 11.9. The number of alkyl halides is 1. The highest BCUT2D eigenvalue weighted by molar-refractivity contribution is 9.09. The fourth-order valence-corrected chi connectivity index (χ4v) is 1.52. The van der Waals surface area contributed by atoms with E-state index in [4.69, 9.17) is 0 Å². The molecule has 1 N–H and O–H groups in total. The highest BCUT2D eigenvalue weighted by atomic mass is 79.9. The molecule has 1 unspecified atom stereocenters. The Kier molecular flexibility index (Phi) is 6.16. The third kappa shape index (κ3) is 5.31. The number of carbonyl (C=O) groups is 1. The van der Waals surface area contributed by atoms with Crippen LogP contribution in [0.25, 0.3) is 0 Å². The van der Waals surface area contributed by atoms with E-state index in [1.54, 1.807) is 0 Å². The van der Waals surface area contributed by atoms with Crippen molar-refractivity contribution in [2.75, 3.05) is 6.54 Å². The van der Waals surface area contributed by atoms with Gasteiger partial charge in [-0.15, -0.1) is 0 Å². The molecule has 1 aromatic rings. The number of nitrogens with one attached hydrogen (secondary N) is 1. The van der Waals surface area contributed by atoms with Crippen molar-refractivity contribution in [3.63, 3.8) is 0 Å². The average Bonchev–Trinajstić information content (AvgIpc) is 2.34. The molecule has 0 aliphatic heterocycles. The summed E-state index contributed by atoms with van der Waals surface area (Å²) in [6, 6.07) is 10.1. The molecule has 0 heterocycles. The molecule has 1 rings (SSSR count). The Morgan fingerprint density at radius 1 is 1.38 bits per heavy atom. The van der Waals surface area contributed by atoms with Gasteiger partial charge in [0, 0.05) is 17.8 Å². The molecule has 0 aliphatic rings. The Labute approximate surface area is 106 Å². The molecule has 88 valence electrons. The van der Waals surface area contributed by atoms with E-state index in [-0.39, 0.29) is 5.91 Å². The fourth-order valence-electron chi connectivity index (χ4n) is 1.36. The van der Waals surface area contributed by atoms with Crippen molar-refractivity contribution in [3.05, 3.63) is 35.9 Å². The summed E-state index contributed by atoms with van der Waals surface area (Å²) in [6.45, 7) is 2.81. The predicted octanol–water partition coefficient (Wildman–Crippen LogP) is 2.91. The lowest BCUT2D eigenvalue weighted by atomic mass is 10.1. The molecular formula is C13H18BrNO. The second-order valence-corrected chi connectivity index (χ2v) is 5.09. The van der Waals surface area contributed by atoms with E-state index in [9.17, 15) is 4.79 Å². The minimum Gasteiger partial charge on any atom is -0.355 e. The van der Waals surface area contributed by atoms with Crippen LogP contribution >= 0.6 is 15.9 Å². The first kappa shape index (κ1) is 13.2. The van der Waals surface area contributed by atoms with E-state index >= 15 is 0 Å². The van der Waals surface area contributed by atoms with Crippen molar-refractivity contribution in [1.82, 2.24) is 5.32 Å². The molecule has 0 bridgehead atoms. The second kappa shape index (κ2) is 7.44. The van der Waals surface area contributed by atoms with Gasteiger partial charge in [0.2, 0.25) is 5.91 Å². The van der Waals surface area contributed by atoms with E-state index in [2.05, 4.69) is 28.2 Å². The number of aryl methyl sites for hydroxylation is 1. The summed E-state index contributed by atoms with van der Waals surface area (Å²) in [5, 5.41) is 2.92. The molecule has 0 aliphatic carbocycles. The van der Waals surface area contributed by atoms with Gasteiger partial charge in [0.1, 0.15) is 0 Å². The van der Waals surface area contributed by atoms with Crippen LogP contribution in [0.4, 0.5) is 0 Å². The summed E-state index contributed by atoms with van der Waals surface area (Å²) in [7, 11) is 0. The molecule has 0 radical (unpaired) electrons. The lowest BCUT2D eigenvalue weighted by Gasteiger charge is -2.08. The summed E-state index contributed by atoms with van der Waals surface area (Å²) in [5.41, 5.74) is 1.21. The van der Waals surface area contributed by atoms with Gasteiger partial charge in [-0.3, -0.25) is 4.79 Å². The van der Waals surface area contributed by atoms with Crippen molar-refractivity contribution in [2.45, 2.75) is 31.0 Å². The standard InChI is InChI=1S/C13H18BrNO/c1-2-12(14)10-15-13(16)9-8-11-6-4-3-5-7-11/h3-7,12H,2,8-10H2,1H3,(H,15,16). The van der Waals surface area contributed by atoms with Crippen molar-refractivity contribution >= 4 is 21.8 Å². The number of halogens is 1. The first-order valence-corrected chi connectivity index (χ1v) is 6.58. The Morgan fingerprint density at radius 3 is 2.69 bits per heavy atom. The zero-order valence-corrected chi connectivity index (χ0v) is 11.2. The zero-order chi connectivity index (χ0) is 11.8. The molecule has 3 heteroatoms. The SMILES string of the molecule is CCC(Br)CNC(=O)CCc1ccccc1. The van der Waals surface area contributed by atoms with Gasteiger partial charge in [-0.2, -0.15) is 0 Å². The largest absolute Gasteiger partial charge is 0.355 e. The van der Waals surface area contributed by atoms with E-state index in [1.807, 2.05) is 30.3 Å². The molecule has 0 saturated heterocycles. The van der Waals surface area contributed by atoms with Gasteiger partial charge >= 0.3 is 0 Å². The first-order valence-electron chi connectivity index (χ1n) is 5.67. The van der Waals surface area contributed by atoms with Gasteiger partial charge in [0.05, 0.1) is 0 Å². The lowest BCUT2D eigenvalue weighted by Crippen LogP contribution is -2.29. The number of amides is 1. The maximum absolute atomic E-state index is 11.5. The van der Waals surface area contributed by atoms with Gasteiger partial charge in [0.15, 0.2) is 0 Å². The number of rotatable bonds is 6. The Hall–Kier alpha value is -0.830. The highest BCUT2D eigenvalue weighted by Gasteiger charge is 2.04. The number of hydrogen-bond donors (Lipinski definition) is 1. The minimum absolute atomic E-state index is 0.127. The number of hydrogen-bond acceptors (Lipinski definition) is 1. The smallest absolute Gasteiger partial charge is 0.220 e. The van der Waals surface area contributed by atoms with Crippen LogP contribution in [0.3, 0.4) is 0 Å². The maximum Gasteiger partial charge on any atom is 0.220 e. The molecule has 1 amide bonds. The molecule has 0 saturated carbocycles. The summed E-state index contributed by atoms with van der Waals surface area (Å²) < 4.78 is 0. The van der Waals surface area contributed by atoms with E-state index in [1.165, 1.54) is 5.56 Å². The highest BCUT2D eigenvalue weighted by Crippen LogP contribution is 2.04. The Balaban J connectivity index is 2.20. The van der Waals surface area contributed by atoms with Crippen LogP contribution in [-0.4, -0.2) is 17.3 Å². The van der Waals surface area contributed by atoms with Gasteiger partial charge in [-0.1, -0.05) is 53.2 Å². The lowest BCUT2D eigenvalue weighted by molar-refractivity contribution is -0.121. The van der Waals surface area contributed by atoms with Gasteiger partial charge < -0.3 is 5.32 Å². The number of benzene rings is 1. The second-order valence-electron chi connectivity index (χ2n) is 3.80. The van der Waals surface area contributed by atoms with Crippen LogP contribution in [0, 0.1) is 0 Å². The van der Waals surface area contributed by atoms with Crippen molar-refractivity contribution < 1.29 is 4.79 Å². The van der Waals surface area contributed by atoms with Crippen molar-refractivity contribution in [3.8, 4) is 0 Å². The van der Waals surface area contributed by atoms with Gasteiger partial charge in [-0.05, 0) is 18.4 Å². The van der Waals surface area contributed by atoms with Crippen LogP contribution in [0.1, 0.15) is 25.3 Å². The van der Waals surface area contributed by atoms with Gasteiger partial charge in [-0.25, -0.2) is 0 Å². The zero-order valence-electron chi connectivity index (χ0n) is 9.58. The molecule has 1 aromatic carbocycles. The number of carbonyl (C=O) groups excluding carboxylic acids is 1. The summed E-state index contributed by atoms with van der Waals surface area (Å²) in [5.74, 6) is 0.127. The average molecular weight is 284 g/mol. The van der Waals surface area contributed by atoms with Crippen LogP contribution in [0.5, 0.6) is 0 Å². The molecule has 0 spiro atoms. The topological polar surface area (TPSA) is 29.1 Å².